The van der Waals surface area contributed by atoms with Crippen molar-refractivity contribution < 1.29 is 9.13 Å². The molecule has 1 spiro atoms. The van der Waals surface area contributed by atoms with E-state index >= 15 is 0 Å². The fourth-order valence-corrected chi connectivity index (χ4v) is 6.35. The van der Waals surface area contributed by atoms with Crippen LogP contribution in [0, 0.1) is 0 Å². The van der Waals surface area contributed by atoms with Gasteiger partial charge in [-0.25, -0.2) is 4.39 Å². The summed E-state index contributed by atoms with van der Waals surface area (Å²) in [7, 11) is 0. The number of nitrogens with zero attached hydrogens (tertiary/aromatic N) is 3. The highest BCUT2D eigenvalue weighted by molar-refractivity contribution is 5.21. The van der Waals surface area contributed by atoms with Crippen LogP contribution in [0.25, 0.3) is 0 Å². The molecule has 1 saturated heterocycles. The zero-order valence-corrected chi connectivity index (χ0v) is 18.8. The van der Waals surface area contributed by atoms with Crippen LogP contribution in [0.1, 0.15) is 88.7 Å². The first-order valence-electron chi connectivity index (χ1n) is 11.9. The van der Waals surface area contributed by atoms with Crippen LogP contribution in [0.2, 0.25) is 0 Å². The zero-order valence-electron chi connectivity index (χ0n) is 18.8. The molecule has 3 aliphatic rings. The van der Waals surface area contributed by atoms with Gasteiger partial charge < -0.3 is 10.1 Å². The third kappa shape index (κ3) is 3.93. The third-order valence-electron chi connectivity index (χ3n) is 7.97. The van der Waals surface area contributed by atoms with E-state index in [4.69, 9.17) is 9.72 Å². The van der Waals surface area contributed by atoms with Crippen LogP contribution < -0.4 is 5.32 Å². The summed E-state index contributed by atoms with van der Waals surface area (Å²) in [4.78, 5) is 4.80. The van der Waals surface area contributed by atoms with E-state index in [9.17, 15) is 4.39 Å². The highest BCUT2D eigenvalue weighted by Crippen LogP contribution is 2.50. The van der Waals surface area contributed by atoms with Gasteiger partial charge in [-0.15, -0.1) is 0 Å². The Bertz CT molecular complexity index is 886. The van der Waals surface area contributed by atoms with Crippen molar-refractivity contribution in [1.29, 1.82) is 0 Å². The molecule has 0 bridgehead atoms. The zero-order chi connectivity index (χ0) is 21.5. The number of halogens is 1. The lowest BCUT2D eigenvalue weighted by Gasteiger charge is -2.46. The van der Waals surface area contributed by atoms with E-state index in [0.29, 0.717) is 0 Å². The quantitative estimate of drug-likeness (QED) is 0.702. The van der Waals surface area contributed by atoms with Gasteiger partial charge in [0.15, 0.2) is 0 Å². The molecule has 31 heavy (non-hydrogen) atoms. The highest BCUT2D eigenvalue weighted by atomic mass is 19.1. The summed E-state index contributed by atoms with van der Waals surface area (Å²) in [5.74, 6) is 0. The molecule has 0 radical (unpaired) electrons. The first-order valence-corrected chi connectivity index (χ1v) is 11.9. The Morgan fingerprint density at radius 1 is 1.19 bits per heavy atom. The molecule has 5 nitrogen and oxygen atoms in total. The summed E-state index contributed by atoms with van der Waals surface area (Å²) < 4.78 is 23.0. The smallest absolute Gasteiger partial charge is 0.127 e. The molecule has 5 rings (SSSR count). The van der Waals surface area contributed by atoms with Crippen molar-refractivity contribution in [2.75, 3.05) is 13.2 Å². The number of aromatic nitrogens is 3. The van der Waals surface area contributed by atoms with E-state index in [0.717, 1.165) is 44.5 Å². The lowest BCUT2D eigenvalue weighted by atomic mass is 9.68. The molecule has 1 N–H and O–H groups in total. The van der Waals surface area contributed by atoms with Crippen LogP contribution in [0.5, 0.6) is 0 Å². The average Bonchev–Trinajstić information content (AvgIpc) is 3.47. The van der Waals surface area contributed by atoms with E-state index in [1.54, 1.807) is 20.0 Å². The maximum absolute atomic E-state index is 14.8. The Labute approximate surface area is 184 Å². The van der Waals surface area contributed by atoms with Crippen molar-refractivity contribution in [2.24, 2.45) is 0 Å². The Morgan fingerprint density at radius 2 is 2.03 bits per heavy atom. The van der Waals surface area contributed by atoms with E-state index in [-0.39, 0.29) is 23.1 Å². The molecular formula is C25H35FN4O. The molecule has 168 valence electrons. The van der Waals surface area contributed by atoms with E-state index in [2.05, 4.69) is 22.5 Å². The van der Waals surface area contributed by atoms with Crippen LogP contribution in [0.3, 0.4) is 0 Å². The number of fused-ring (bicyclic) bond motifs is 1. The monoisotopic (exact) mass is 426 g/mol. The minimum atomic E-state index is -1.29. The molecule has 2 fully saturated rings. The Morgan fingerprint density at radius 3 is 2.77 bits per heavy atom. The lowest BCUT2D eigenvalue weighted by Crippen LogP contribution is -2.47. The van der Waals surface area contributed by atoms with Crippen LogP contribution >= 0.6 is 0 Å². The second-order valence-corrected chi connectivity index (χ2v) is 10.4. The maximum Gasteiger partial charge on any atom is 0.127 e. The van der Waals surface area contributed by atoms with Crippen LogP contribution in [0.15, 0.2) is 36.7 Å². The van der Waals surface area contributed by atoms with Gasteiger partial charge in [0.05, 0.1) is 23.4 Å². The molecule has 0 aromatic carbocycles. The van der Waals surface area contributed by atoms with E-state index in [1.807, 2.05) is 23.0 Å². The van der Waals surface area contributed by atoms with Gasteiger partial charge in [-0.2, -0.15) is 5.10 Å². The topological polar surface area (TPSA) is 52.0 Å². The standard InChI is InChI=1S/C25H35FN4O/c1-23(2,26)22-17-19(20-8-14-29-30(20)22)27-15-11-24(21-7-3-6-13-28-21)12-16-31-25(18-24)9-4-5-10-25/h3,6-8,13-14,19,22,27H,4-5,9-12,15-18H2,1-2H3/t19?,22?,24-/m1/s1. The number of hydrogen-bond acceptors (Lipinski definition) is 4. The van der Waals surface area contributed by atoms with Crippen molar-refractivity contribution in [3.8, 4) is 0 Å². The summed E-state index contributed by atoms with van der Waals surface area (Å²) in [6.07, 6.45) is 12.4. The Balaban J connectivity index is 1.32. The van der Waals surface area contributed by atoms with Gasteiger partial charge >= 0.3 is 0 Å². The summed E-state index contributed by atoms with van der Waals surface area (Å²) in [6, 6.07) is 8.25. The molecule has 1 aliphatic carbocycles. The summed E-state index contributed by atoms with van der Waals surface area (Å²) in [5, 5.41) is 8.16. The van der Waals surface area contributed by atoms with Gasteiger partial charge in [-0.1, -0.05) is 18.9 Å². The SMILES string of the molecule is CC(C)(F)C1CC(NCC[C@@]2(c3ccccn3)CCOC3(CCCC3)C2)c2ccnn21. The molecule has 2 unspecified atom stereocenters. The number of alkyl halides is 1. The van der Waals surface area contributed by atoms with Crippen LogP contribution in [-0.2, 0) is 10.2 Å². The highest BCUT2D eigenvalue weighted by Gasteiger charge is 2.48. The third-order valence-corrected chi connectivity index (χ3v) is 7.97. The Hall–Kier alpha value is -1.79. The predicted octanol–water partition coefficient (Wildman–Crippen LogP) is 5.05. The molecule has 2 aliphatic heterocycles. The van der Waals surface area contributed by atoms with Gasteiger partial charge in [-0.05, 0) is 77.1 Å². The fraction of sp³-hybridized carbons (Fsp3) is 0.680. The fourth-order valence-electron chi connectivity index (χ4n) is 6.35. The summed E-state index contributed by atoms with van der Waals surface area (Å²) in [5.41, 5.74) is 1.08. The van der Waals surface area contributed by atoms with Crippen molar-refractivity contribution >= 4 is 0 Å². The summed E-state index contributed by atoms with van der Waals surface area (Å²) >= 11 is 0. The van der Waals surface area contributed by atoms with Crippen molar-refractivity contribution in [1.82, 2.24) is 20.1 Å². The average molecular weight is 427 g/mol. The number of nitrogens with one attached hydrogen (secondary N) is 1. The van der Waals surface area contributed by atoms with Gasteiger partial charge in [0.25, 0.3) is 0 Å². The van der Waals surface area contributed by atoms with Crippen LogP contribution in [-0.4, -0.2) is 39.2 Å². The molecule has 2 aromatic heterocycles. The number of pyridine rings is 1. The van der Waals surface area contributed by atoms with Crippen LogP contribution in [0.4, 0.5) is 4.39 Å². The van der Waals surface area contributed by atoms with Crippen molar-refractivity contribution in [3.05, 3.63) is 48.0 Å². The van der Waals surface area contributed by atoms with Gasteiger partial charge in [0.1, 0.15) is 5.67 Å². The minimum Gasteiger partial charge on any atom is -0.375 e. The first-order chi connectivity index (χ1) is 14.9. The lowest BCUT2D eigenvalue weighted by molar-refractivity contribution is -0.104. The first kappa shape index (κ1) is 21.1. The minimum absolute atomic E-state index is 0.0328. The summed E-state index contributed by atoms with van der Waals surface area (Å²) in [6.45, 7) is 5.00. The number of ether oxygens (including phenoxy) is 1. The predicted molar refractivity (Wildman–Crippen MR) is 119 cm³/mol. The van der Waals surface area contributed by atoms with Gasteiger partial charge in [0, 0.05) is 30.1 Å². The molecular weight excluding hydrogens is 391 g/mol. The van der Waals surface area contributed by atoms with Crippen molar-refractivity contribution in [3.63, 3.8) is 0 Å². The normalized spacial score (nSPS) is 30.0. The Kier molecular flexibility index (Phi) is 5.41. The second-order valence-electron chi connectivity index (χ2n) is 10.4. The molecule has 1 saturated carbocycles. The van der Waals surface area contributed by atoms with Gasteiger partial charge in [-0.3, -0.25) is 9.67 Å². The maximum atomic E-state index is 14.8. The molecule has 4 heterocycles. The number of rotatable bonds is 6. The van der Waals surface area contributed by atoms with Crippen molar-refractivity contribution in [2.45, 2.75) is 94.0 Å². The number of hydrogen-bond donors (Lipinski definition) is 1. The molecule has 6 heteroatoms. The van der Waals surface area contributed by atoms with E-state index < -0.39 is 5.67 Å². The van der Waals surface area contributed by atoms with Gasteiger partial charge in [0.2, 0.25) is 0 Å². The van der Waals surface area contributed by atoms with E-state index in [1.165, 1.54) is 31.4 Å². The molecule has 2 aromatic rings. The molecule has 0 amide bonds. The second kappa shape index (κ2) is 7.96. The molecule has 3 atom stereocenters. The largest absolute Gasteiger partial charge is 0.375 e.